The summed E-state index contributed by atoms with van der Waals surface area (Å²) in [5, 5.41) is 0. The van der Waals surface area contributed by atoms with Crippen molar-refractivity contribution in [2.24, 2.45) is 5.73 Å². The summed E-state index contributed by atoms with van der Waals surface area (Å²) in [5.74, 6) is 1.69. The number of hydrogen-bond acceptors (Lipinski definition) is 2. The number of unbranched alkanes of at least 4 members (excludes halogenated alkanes) is 1. The molecule has 2 rings (SSSR count). The molecule has 0 unspecified atom stereocenters. The predicted octanol–water partition coefficient (Wildman–Crippen LogP) is 5.09. The number of halogens is 1. The molecule has 2 N–H and O–H groups in total. The highest BCUT2D eigenvalue weighted by molar-refractivity contribution is 5.85. The Labute approximate surface area is 127 Å². The minimum absolute atomic E-state index is 0. The Morgan fingerprint density at radius 1 is 1.00 bits per heavy atom. The van der Waals surface area contributed by atoms with Crippen molar-refractivity contribution in [3.63, 3.8) is 0 Å². The van der Waals surface area contributed by atoms with Crippen LogP contribution in [0.2, 0.25) is 0 Å². The highest BCUT2D eigenvalue weighted by Crippen LogP contribution is 2.25. The van der Waals surface area contributed by atoms with Gasteiger partial charge in [0, 0.05) is 6.04 Å². The largest absolute Gasteiger partial charge is 0.457 e. The third kappa shape index (κ3) is 4.87. The van der Waals surface area contributed by atoms with E-state index in [4.69, 9.17) is 10.5 Å². The molecule has 20 heavy (non-hydrogen) atoms. The van der Waals surface area contributed by atoms with Gasteiger partial charge in [-0.15, -0.1) is 12.4 Å². The second-order valence-corrected chi connectivity index (χ2v) is 4.74. The number of ether oxygens (including phenoxy) is 1. The van der Waals surface area contributed by atoms with Crippen LogP contribution in [0.4, 0.5) is 0 Å². The molecule has 0 aliphatic rings. The van der Waals surface area contributed by atoms with Gasteiger partial charge < -0.3 is 10.5 Å². The zero-order valence-corrected chi connectivity index (χ0v) is 12.6. The van der Waals surface area contributed by atoms with Crippen LogP contribution in [0, 0.1) is 0 Å². The molecule has 2 aromatic rings. The smallest absolute Gasteiger partial charge is 0.127 e. The van der Waals surface area contributed by atoms with Gasteiger partial charge in [-0.2, -0.15) is 0 Å². The van der Waals surface area contributed by atoms with Crippen LogP contribution in [0.1, 0.15) is 37.8 Å². The highest BCUT2D eigenvalue weighted by Gasteiger charge is 2.06. The molecule has 0 aliphatic heterocycles. The third-order valence-corrected chi connectivity index (χ3v) is 3.13. The van der Waals surface area contributed by atoms with E-state index in [2.05, 4.69) is 13.0 Å². The van der Waals surface area contributed by atoms with Crippen LogP contribution in [0.15, 0.2) is 54.6 Å². The van der Waals surface area contributed by atoms with Gasteiger partial charge in [0.15, 0.2) is 0 Å². The van der Waals surface area contributed by atoms with Gasteiger partial charge in [0.25, 0.3) is 0 Å². The van der Waals surface area contributed by atoms with Crippen molar-refractivity contribution in [1.82, 2.24) is 0 Å². The average Bonchev–Trinajstić information content (AvgIpc) is 2.46. The second kappa shape index (κ2) is 8.62. The molecule has 2 nitrogen and oxygen atoms in total. The van der Waals surface area contributed by atoms with Crippen LogP contribution in [-0.4, -0.2) is 0 Å². The van der Waals surface area contributed by atoms with E-state index in [1.807, 2.05) is 48.5 Å². The molecule has 3 heteroatoms. The van der Waals surface area contributed by atoms with Gasteiger partial charge in [-0.1, -0.05) is 50.1 Å². The van der Waals surface area contributed by atoms with Gasteiger partial charge >= 0.3 is 0 Å². The van der Waals surface area contributed by atoms with Crippen molar-refractivity contribution in [3.05, 3.63) is 60.2 Å². The summed E-state index contributed by atoms with van der Waals surface area (Å²) in [6, 6.07) is 18.0. The maximum absolute atomic E-state index is 6.19. The van der Waals surface area contributed by atoms with E-state index in [1.54, 1.807) is 0 Å². The lowest BCUT2D eigenvalue weighted by atomic mass is 10.0. The van der Waals surface area contributed by atoms with E-state index in [9.17, 15) is 0 Å². The van der Waals surface area contributed by atoms with Crippen molar-refractivity contribution in [2.75, 3.05) is 0 Å². The van der Waals surface area contributed by atoms with Crippen molar-refractivity contribution in [3.8, 4) is 11.5 Å². The summed E-state index contributed by atoms with van der Waals surface area (Å²) in [7, 11) is 0. The maximum atomic E-state index is 6.19. The topological polar surface area (TPSA) is 35.2 Å². The van der Waals surface area contributed by atoms with Gasteiger partial charge in [0.05, 0.1) is 0 Å². The standard InChI is InChI=1S/C17H21NO.ClH/c1-2-3-12-17(18)14-8-7-11-16(13-14)19-15-9-5-4-6-10-15;/h4-11,13,17H,2-3,12,18H2,1H3;1H/t17-;/m1./s1. The first kappa shape index (κ1) is 16.5. The molecule has 0 heterocycles. The average molecular weight is 292 g/mol. The maximum Gasteiger partial charge on any atom is 0.127 e. The fourth-order valence-corrected chi connectivity index (χ4v) is 2.02. The molecule has 108 valence electrons. The predicted molar refractivity (Wildman–Crippen MR) is 86.7 cm³/mol. The van der Waals surface area contributed by atoms with E-state index < -0.39 is 0 Å². The zero-order chi connectivity index (χ0) is 13.5. The summed E-state index contributed by atoms with van der Waals surface area (Å²) in [6.45, 7) is 2.18. The Kier molecular flexibility index (Phi) is 7.13. The molecule has 0 aromatic heterocycles. The van der Waals surface area contributed by atoms with Crippen LogP contribution in [-0.2, 0) is 0 Å². The van der Waals surface area contributed by atoms with Gasteiger partial charge in [0.1, 0.15) is 11.5 Å². The Morgan fingerprint density at radius 2 is 1.70 bits per heavy atom. The lowest BCUT2D eigenvalue weighted by Crippen LogP contribution is -2.09. The van der Waals surface area contributed by atoms with Gasteiger partial charge in [0.2, 0.25) is 0 Å². The monoisotopic (exact) mass is 291 g/mol. The molecule has 0 saturated carbocycles. The van der Waals surface area contributed by atoms with Crippen LogP contribution >= 0.6 is 12.4 Å². The van der Waals surface area contributed by atoms with E-state index in [-0.39, 0.29) is 18.4 Å². The van der Waals surface area contributed by atoms with Gasteiger partial charge in [-0.25, -0.2) is 0 Å². The minimum Gasteiger partial charge on any atom is -0.457 e. The first-order valence-corrected chi connectivity index (χ1v) is 6.88. The SMILES string of the molecule is CCCC[C@@H](N)c1cccc(Oc2ccccc2)c1.Cl. The molecule has 0 fully saturated rings. The lowest BCUT2D eigenvalue weighted by Gasteiger charge is -2.13. The second-order valence-electron chi connectivity index (χ2n) is 4.74. The molecule has 0 bridgehead atoms. The lowest BCUT2D eigenvalue weighted by molar-refractivity contribution is 0.480. The van der Waals surface area contributed by atoms with Crippen molar-refractivity contribution >= 4 is 12.4 Å². The van der Waals surface area contributed by atoms with E-state index in [1.165, 1.54) is 6.42 Å². The first-order valence-electron chi connectivity index (χ1n) is 6.88. The molecule has 0 radical (unpaired) electrons. The third-order valence-electron chi connectivity index (χ3n) is 3.13. The molecule has 0 saturated heterocycles. The number of hydrogen-bond donors (Lipinski definition) is 1. The van der Waals surface area contributed by atoms with Crippen LogP contribution in [0.25, 0.3) is 0 Å². The molecular weight excluding hydrogens is 270 g/mol. The molecule has 0 amide bonds. The van der Waals surface area contributed by atoms with E-state index in [0.717, 1.165) is 29.9 Å². The quantitative estimate of drug-likeness (QED) is 0.804. The van der Waals surface area contributed by atoms with Crippen molar-refractivity contribution in [1.29, 1.82) is 0 Å². The highest BCUT2D eigenvalue weighted by atomic mass is 35.5. The van der Waals surface area contributed by atoms with Crippen molar-refractivity contribution < 1.29 is 4.74 Å². The number of para-hydroxylation sites is 1. The Hall–Kier alpha value is -1.51. The zero-order valence-electron chi connectivity index (χ0n) is 11.8. The summed E-state index contributed by atoms with van der Waals surface area (Å²) in [5.41, 5.74) is 7.33. The van der Waals surface area contributed by atoms with Crippen LogP contribution in [0.5, 0.6) is 11.5 Å². The molecular formula is C17H22ClNO. The molecule has 2 aromatic carbocycles. The van der Waals surface area contributed by atoms with Crippen LogP contribution in [0.3, 0.4) is 0 Å². The van der Waals surface area contributed by atoms with Gasteiger partial charge in [-0.3, -0.25) is 0 Å². The summed E-state index contributed by atoms with van der Waals surface area (Å²) < 4.78 is 5.82. The minimum atomic E-state index is 0. The molecule has 0 aliphatic carbocycles. The summed E-state index contributed by atoms with van der Waals surface area (Å²) in [4.78, 5) is 0. The van der Waals surface area contributed by atoms with E-state index in [0.29, 0.717) is 0 Å². The summed E-state index contributed by atoms with van der Waals surface area (Å²) in [6.07, 6.45) is 3.35. The van der Waals surface area contributed by atoms with Gasteiger partial charge in [-0.05, 0) is 36.2 Å². The fraction of sp³-hybridized carbons (Fsp3) is 0.294. The fourth-order valence-electron chi connectivity index (χ4n) is 2.02. The molecule has 1 atom stereocenters. The summed E-state index contributed by atoms with van der Waals surface area (Å²) >= 11 is 0. The Morgan fingerprint density at radius 3 is 2.40 bits per heavy atom. The number of benzene rings is 2. The number of rotatable bonds is 6. The number of nitrogens with two attached hydrogens (primary N) is 1. The molecule has 0 spiro atoms. The Bertz CT molecular complexity index is 501. The Balaban J connectivity index is 0.00000200. The van der Waals surface area contributed by atoms with Crippen molar-refractivity contribution in [2.45, 2.75) is 32.2 Å². The normalized spacial score (nSPS) is 11.5. The first-order chi connectivity index (χ1) is 9.29. The van der Waals surface area contributed by atoms with E-state index >= 15 is 0 Å². The van der Waals surface area contributed by atoms with Crippen LogP contribution < -0.4 is 10.5 Å².